The Kier molecular flexibility index (Phi) is 6.85. The predicted molar refractivity (Wildman–Crippen MR) is 84.4 cm³/mol. The van der Waals surface area contributed by atoms with Crippen molar-refractivity contribution in [2.75, 3.05) is 32.1 Å². The summed E-state index contributed by atoms with van der Waals surface area (Å²) in [7, 11) is 0. The van der Waals surface area contributed by atoms with Gasteiger partial charge in [0.15, 0.2) is 0 Å². The highest BCUT2D eigenvalue weighted by molar-refractivity contribution is 6.18. The second-order valence-corrected chi connectivity index (χ2v) is 5.51. The molecule has 114 valence electrons. The van der Waals surface area contributed by atoms with E-state index in [0.29, 0.717) is 30.2 Å². The lowest BCUT2D eigenvalue weighted by Gasteiger charge is -2.14. The quantitative estimate of drug-likeness (QED) is 0.451. The highest BCUT2D eigenvalue weighted by atomic mass is 35.5. The molecule has 0 unspecified atom stereocenters. The van der Waals surface area contributed by atoms with Gasteiger partial charge >= 0.3 is 0 Å². The number of halogens is 2. The first-order valence-corrected chi connectivity index (χ1v) is 8.02. The summed E-state index contributed by atoms with van der Waals surface area (Å²) in [5.41, 5.74) is 0.393. The van der Waals surface area contributed by atoms with E-state index >= 15 is 0 Å². The third-order valence-electron chi connectivity index (χ3n) is 3.47. The van der Waals surface area contributed by atoms with Crippen LogP contribution in [0.2, 0.25) is 0 Å². The molecule has 4 heteroatoms. The molecule has 0 N–H and O–H groups in total. The van der Waals surface area contributed by atoms with Gasteiger partial charge in [-0.25, -0.2) is 4.39 Å². The van der Waals surface area contributed by atoms with Crippen LogP contribution in [0.15, 0.2) is 18.2 Å². The lowest BCUT2D eigenvalue weighted by atomic mass is 10.2. The molecule has 0 spiro atoms. The number of rotatable bonds is 6. The smallest absolute Gasteiger partial charge is 0.142 e. The van der Waals surface area contributed by atoms with Gasteiger partial charge in [0.25, 0.3) is 0 Å². The van der Waals surface area contributed by atoms with Crippen LogP contribution in [-0.2, 0) is 0 Å². The number of likely N-dealkylation sites (tertiary alicyclic amines) is 1. The van der Waals surface area contributed by atoms with E-state index in [1.807, 2.05) is 0 Å². The Hall–Kier alpha value is -1.24. The number of alkyl halides is 1. The van der Waals surface area contributed by atoms with E-state index in [4.69, 9.17) is 16.3 Å². The third kappa shape index (κ3) is 5.57. The van der Waals surface area contributed by atoms with E-state index in [1.54, 1.807) is 12.1 Å². The minimum absolute atomic E-state index is 0.339. The summed E-state index contributed by atoms with van der Waals surface area (Å²) in [6.07, 6.45) is 4.14. The molecule has 2 nitrogen and oxygen atoms in total. The number of hydrogen-bond acceptors (Lipinski definition) is 2. The standard InChI is InChI=1S/C17H21ClFNO/c18-9-2-1-6-15-7-8-16(14-17(15)19)21-13-5-12-20-10-3-4-11-20/h7-8,14H,2-5,9-13H2. The van der Waals surface area contributed by atoms with E-state index in [1.165, 1.54) is 32.0 Å². The largest absolute Gasteiger partial charge is 0.493 e. The summed E-state index contributed by atoms with van der Waals surface area (Å²) in [5.74, 6) is 6.29. The molecule has 1 heterocycles. The van der Waals surface area contributed by atoms with Crippen LogP contribution in [0.5, 0.6) is 5.75 Å². The molecule has 0 bridgehead atoms. The summed E-state index contributed by atoms with van der Waals surface area (Å²) in [5, 5.41) is 0. The third-order valence-corrected chi connectivity index (χ3v) is 3.66. The monoisotopic (exact) mass is 309 g/mol. The van der Waals surface area contributed by atoms with Crippen LogP contribution in [0.4, 0.5) is 4.39 Å². The van der Waals surface area contributed by atoms with Gasteiger partial charge in [-0.15, -0.1) is 11.6 Å². The average molecular weight is 310 g/mol. The first kappa shape index (κ1) is 16.1. The zero-order chi connectivity index (χ0) is 14.9. The van der Waals surface area contributed by atoms with E-state index in [-0.39, 0.29) is 5.82 Å². The first-order chi connectivity index (χ1) is 10.3. The van der Waals surface area contributed by atoms with Crippen molar-refractivity contribution in [3.63, 3.8) is 0 Å². The molecule has 21 heavy (non-hydrogen) atoms. The van der Waals surface area contributed by atoms with Gasteiger partial charge in [0.2, 0.25) is 0 Å². The van der Waals surface area contributed by atoms with Gasteiger partial charge < -0.3 is 9.64 Å². The molecular formula is C17H21ClFNO. The van der Waals surface area contributed by atoms with Crippen LogP contribution < -0.4 is 4.74 Å². The topological polar surface area (TPSA) is 12.5 Å². The van der Waals surface area contributed by atoms with Crippen molar-refractivity contribution in [2.24, 2.45) is 0 Å². The lowest BCUT2D eigenvalue weighted by molar-refractivity contribution is 0.262. The second-order valence-electron chi connectivity index (χ2n) is 5.13. The fourth-order valence-electron chi connectivity index (χ4n) is 2.38. The van der Waals surface area contributed by atoms with Crippen LogP contribution in [-0.4, -0.2) is 37.0 Å². The highest BCUT2D eigenvalue weighted by Gasteiger charge is 2.10. The number of nitrogens with zero attached hydrogens (tertiary/aromatic N) is 1. The Labute approximate surface area is 131 Å². The van der Waals surface area contributed by atoms with Gasteiger partial charge in [-0.1, -0.05) is 11.8 Å². The van der Waals surface area contributed by atoms with Gasteiger partial charge in [-0.05, 0) is 44.5 Å². The fourth-order valence-corrected chi connectivity index (χ4v) is 2.47. The highest BCUT2D eigenvalue weighted by Crippen LogP contribution is 2.16. The second kappa shape index (κ2) is 8.92. The predicted octanol–water partition coefficient (Wildman–Crippen LogP) is 3.67. The van der Waals surface area contributed by atoms with Crippen LogP contribution in [0.1, 0.15) is 31.2 Å². The molecule has 0 atom stereocenters. The maximum Gasteiger partial charge on any atom is 0.142 e. The van der Waals surface area contributed by atoms with Crippen molar-refractivity contribution < 1.29 is 9.13 Å². The molecule has 1 saturated heterocycles. The van der Waals surface area contributed by atoms with E-state index in [0.717, 1.165) is 13.0 Å². The molecule has 0 saturated carbocycles. The van der Waals surface area contributed by atoms with Crippen molar-refractivity contribution in [3.05, 3.63) is 29.6 Å². The number of benzene rings is 1. The summed E-state index contributed by atoms with van der Waals surface area (Å²) < 4.78 is 19.4. The van der Waals surface area contributed by atoms with Gasteiger partial charge in [0, 0.05) is 24.9 Å². The van der Waals surface area contributed by atoms with Gasteiger partial charge in [-0.2, -0.15) is 0 Å². The summed E-state index contributed by atoms with van der Waals surface area (Å²) >= 11 is 5.53. The molecule has 2 rings (SSSR count). The minimum atomic E-state index is -0.339. The Morgan fingerprint density at radius 3 is 2.81 bits per heavy atom. The van der Waals surface area contributed by atoms with Crippen molar-refractivity contribution in [1.82, 2.24) is 4.90 Å². The van der Waals surface area contributed by atoms with E-state index < -0.39 is 0 Å². The summed E-state index contributed by atoms with van der Waals surface area (Å²) in [6.45, 7) is 4.08. The Bertz CT molecular complexity index is 503. The van der Waals surface area contributed by atoms with E-state index in [9.17, 15) is 4.39 Å². The Morgan fingerprint density at radius 2 is 2.10 bits per heavy atom. The van der Waals surface area contributed by atoms with Crippen LogP contribution in [0, 0.1) is 17.7 Å². The zero-order valence-corrected chi connectivity index (χ0v) is 13.0. The SMILES string of the molecule is Fc1cc(OCCCN2CCCC2)ccc1C#CCCCl. The maximum absolute atomic E-state index is 13.8. The molecule has 0 aromatic heterocycles. The molecule has 1 fully saturated rings. The molecule has 1 aliphatic rings. The Morgan fingerprint density at radius 1 is 1.29 bits per heavy atom. The zero-order valence-electron chi connectivity index (χ0n) is 12.2. The van der Waals surface area contributed by atoms with Crippen molar-refractivity contribution in [1.29, 1.82) is 0 Å². The van der Waals surface area contributed by atoms with Crippen molar-refractivity contribution >= 4 is 11.6 Å². The minimum Gasteiger partial charge on any atom is -0.493 e. The van der Waals surface area contributed by atoms with Crippen LogP contribution in [0.25, 0.3) is 0 Å². The van der Waals surface area contributed by atoms with Crippen LogP contribution >= 0.6 is 11.6 Å². The molecular weight excluding hydrogens is 289 g/mol. The van der Waals surface area contributed by atoms with Gasteiger partial charge in [-0.3, -0.25) is 0 Å². The number of hydrogen-bond donors (Lipinski definition) is 0. The number of ether oxygens (including phenoxy) is 1. The van der Waals surface area contributed by atoms with Gasteiger partial charge in [0.05, 0.1) is 12.2 Å². The van der Waals surface area contributed by atoms with Gasteiger partial charge in [0.1, 0.15) is 11.6 Å². The fraction of sp³-hybridized carbons (Fsp3) is 0.529. The van der Waals surface area contributed by atoms with Crippen molar-refractivity contribution in [3.8, 4) is 17.6 Å². The first-order valence-electron chi connectivity index (χ1n) is 7.49. The molecule has 0 aliphatic carbocycles. The maximum atomic E-state index is 13.8. The average Bonchev–Trinajstić information content (AvgIpc) is 2.99. The van der Waals surface area contributed by atoms with E-state index in [2.05, 4.69) is 16.7 Å². The molecule has 0 radical (unpaired) electrons. The normalized spacial score (nSPS) is 14.8. The molecule has 1 aliphatic heterocycles. The molecule has 0 amide bonds. The Balaban J connectivity index is 1.76. The summed E-state index contributed by atoms with van der Waals surface area (Å²) in [6, 6.07) is 4.83. The lowest BCUT2D eigenvalue weighted by Crippen LogP contribution is -2.21. The summed E-state index contributed by atoms with van der Waals surface area (Å²) in [4.78, 5) is 2.44. The molecule has 1 aromatic rings. The van der Waals surface area contributed by atoms with Crippen molar-refractivity contribution in [2.45, 2.75) is 25.7 Å². The molecule has 1 aromatic carbocycles. The van der Waals surface area contributed by atoms with Crippen LogP contribution in [0.3, 0.4) is 0 Å².